The van der Waals surface area contributed by atoms with Crippen LogP contribution < -0.4 is 0 Å². The molecule has 0 aliphatic rings. The fourth-order valence-electron chi connectivity index (χ4n) is 1.51. The van der Waals surface area contributed by atoms with Crippen molar-refractivity contribution in [3.63, 3.8) is 0 Å². The van der Waals surface area contributed by atoms with E-state index in [9.17, 15) is 9.50 Å². The smallest absolute Gasteiger partial charge is 0.213 e. The number of halogens is 3. The van der Waals surface area contributed by atoms with Crippen LogP contribution in [0.2, 0.25) is 10.0 Å². The van der Waals surface area contributed by atoms with Gasteiger partial charge < -0.3 is 5.11 Å². The topological polar surface area (TPSA) is 33.1 Å². The second-order valence-electron chi connectivity index (χ2n) is 3.40. The van der Waals surface area contributed by atoms with E-state index in [2.05, 4.69) is 4.98 Å². The summed E-state index contributed by atoms with van der Waals surface area (Å²) in [6, 6.07) is 7.65. The van der Waals surface area contributed by atoms with E-state index in [-0.39, 0.29) is 6.61 Å². The molecule has 1 aromatic heterocycles. The number of hydrogen-bond acceptors (Lipinski definition) is 2. The van der Waals surface area contributed by atoms with Gasteiger partial charge in [-0.05, 0) is 18.2 Å². The minimum Gasteiger partial charge on any atom is -0.392 e. The molecule has 0 saturated carbocycles. The summed E-state index contributed by atoms with van der Waals surface area (Å²) in [7, 11) is 0. The van der Waals surface area contributed by atoms with Gasteiger partial charge in [-0.25, -0.2) is 4.98 Å². The summed E-state index contributed by atoms with van der Waals surface area (Å²) >= 11 is 11.9. The molecular weight excluding hydrogens is 264 g/mol. The van der Waals surface area contributed by atoms with Crippen molar-refractivity contribution in [1.82, 2.24) is 4.98 Å². The van der Waals surface area contributed by atoms with Gasteiger partial charge in [-0.2, -0.15) is 4.39 Å². The third kappa shape index (κ3) is 2.41. The normalized spacial score (nSPS) is 10.6. The molecule has 1 aromatic carbocycles. The first-order chi connectivity index (χ1) is 8.13. The van der Waals surface area contributed by atoms with Gasteiger partial charge in [0.15, 0.2) is 0 Å². The fraction of sp³-hybridized carbons (Fsp3) is 0.0833. The Morgan fingerprint density at radius 2 is 1.94 bits per heavy atom. The first-order valence-electron chi connectivity index (χ1n) is 4.84. The molecule has 0 fully saturated rings. The Kier molecular flexibility index (Phi) is 3.62. The molecule has 0 aliphatic carbocycles. The van der Waals surface area contributed by atoms with E-state index >= 15 is 0 Å². The zero-order valence-electron chi connectivity index (χ0n) is 8.62. The number of aliphatic hydroxyl groups is 1. The molecule has 2 nitrogen and oxygen atoms in total. The van der Waals surface area contributed by atoms with Gasteiger partial charge in [-0.1, -0.05) is 35.3 Å². The lowest BCUT2D eigenvalue weighted by atomic mass is 10.1. The van der Waals surface area contributed by atoms with Crippen LogP contribution in [0, 0.1) is 5.95 Å². The van der Waals surface area contributed by atoms with Gasteiger partial charge in [0.25, 0.3) is 0 Å². The maximum atomic E-state index is 13.1. The largest absolute Gasteiger partial charge is 0.392 e. The molecule has 0 aliphatic heterocycles. The van der Waals surface area contributed by atoms with Gasteiger partial charge in [0.05, 0.1) is 22.3 Å². The molecule has 0 unspecified atom stereocenters. The quantitative estimate of drug-likeness (QED) is 0.846. The van der Waals surface area contributed by atoms with E-state index in [1.165, 1.54) is 12.1 Å². The first-order valence-corrected chi connectivity index (χ1v) is 5.59. The summed E-state index contributed by atoms with van der Waals surface area (Å²) in [6.45, 7) is -0.245. The fourth-order valence-corrected chi connectivity index (χ4v) is 1.90. The molecule has 88 valence electrons. The first kappa shape index (κ1) is 12.3. The molecule has 5 heteroatoms. The van der Waals surface area contributed by atoms with Crippen molar-refractivity contribution in [2.45, 2.75) is 6.61 Å². The van der Waals surface area contributed by atoms with Crippen molar-refractivity contribution in [3.05, 3.63) is 51.9 Å². The number of rotatable bonds is 2. The van der Waals surface area contributed by atoms with Crippen molar-refractivity contribution in [2.75, 3.05) is 0 Å². The summed E-state index contributed by atoms with van der Waals surface area (Å²) in [5.74, 6) is -0.631. The minimum absolute atomic E-state index is 0.245. The predicted molar refractivity (Wildman–Crippen MR) is 65.6 cm³/mol. The van der Waals surface area contributed by atoms with Crippen LogP contribution in [0.1, 0.15) is 5.56 Å². The van der Waals surface area contributed by atoms with Crippen LogP contribution in [0.25, 0.3) is 11.3 Å². The Bertz CT molecular complexity index is 560. The van der Waals surface area contributed by atoms with Crippen LogP contribution in [0.4, 0.5) is 4.39 Å². The van der Waals surface area contributed by atoms with Crippen molar-refractivity contribution in [3.8, 4) is 11.3 Å². The summed E-state index contributed by atoms with van der Waals surface area (Å²) < 4.78 is 13.1. The zero-order valence-corrected chi connectivity index (χ0v) is 10.1. The Morgan fingerprint density at radius 3 is 2.65 bits per heavy atom. The van der Waals surface area contributed by atoms with E-state index in [1.54, 1.807) is 18.2 Å². The molecule has 0 saturated heterocycles. The molecule has 0 radical (unpaired) electrons. The molecular formula is C12H8Cl2FNO. The summed E-state index contributed by atoms with van der Waals surface area (Å²) in [5, 5.41) is 9.85. The molecule has 2 rings (SSSR count). The van der Waals surface area contributed by atoms with Crippen molar-refractivity contribution in [1.29, 1.82) is 0 Å². The molecule has 0 atom stereocenters. The van der Waals surface area contributed by atoms with Crippen molar-refractivity contribution >= 4 is 23.2 Å². The number of aromatic nitrogens is 1. The van der Waals surface area contributed by atoms with Gasteiger partial charge in [0.2, 0.25) is 5.95 Å². The molecule has 0 amide bonds. The van der Waals surface area contributed by atoms with E-state index in [1.807, 2.05) is 0 Å². The predicted octanol–water partition coefficient (Wildman–Crippen LogP) is 3.69. The molecule has 17 heavy (non-hydrogen) atoms. The molecule has 1 heterocycles. The summed E-state index contributed by atoms with van der Waals surface area (Å²) in [6.07, 6.45) is 0. The van der Waals surface area contributed by atoms with Gasteiger partial charge in [-0.15, -0.1) is 0 Å². The minimum atomic E-state index is -0.631. The Hall–Kier alpha value is -1.16. The highest BCUT2D eigenvalue weighted by atomic mass is 35.5. The number of benzene rings is 1. The molecule has 2 aromatic rings. The average molecular weight is 272 g/mol. The third-order valence-electron chi connectivity index (χ3n) is 2.32. The van der Waals surface area contributed by atoms with Crippen molar-refractivity contribution in [2.24, 2.45) is 0 Å². The number of aliphatic hydroxyl groups excluding tert-OH is 1. The van der Waals surface area contributed by atoms with Gasteiger partial charge in [0, 0.05) is 11.1 Å². The maximum absolute atomic E-state index is 13.1. The van der Waals surface area contributed by atoms with Crippen LogP contribution in [0.5, 0.6) is 0 Å². The maximum Gasteiger partial charge on any atom is 0.213 e. The molecule has 0 bridgehead atoms. The van der Waals surface area contributed by atoms with Gasteiger partial charge in [-0.3, -0.25) is 0 Å². The SMILES string of the molecule is OCc1ccc(F)nc1-c1cccc(Cl)c1Cl. The zero-order chi connectivity index (χ0) is 12.4. The van der Waals surface area contributed by atoms with E-state index < -0.39 is 5.95 Å². The number of hydrogen-bond donors (Lipinski definition) is 1. The molecule has 0 spiro atoms. The average Bonchev–Trinajstić information content (AvgIpc) is 2.33. The standard InChI is InChI=1S/C12H8Cl2FNO/c13-9-3-1-2-8(11(9)14)12-7(6-17)4-5-10(15)16-12/h1-5,17H,6H2. The Balaban J connectivity index is 2.67. The second kappa shape index (κ2) is 5.00. The van der Waals surface area contributed by atoms with Crippen LogP contribution in [-0.2, 0) is 6.61 Å². The van der Waals surface area contributed by atoms with Gasteiger partial charge in [0.1, 0.15) is 0 Å². The lowest BCUT2D eigenvalue weighted by Crippen LogP contribution is -1.96. The van der Waals surface area contributed by atoms with Gasteiger partial charge >= 0.3 is 0 Å². The number of nitrogens with zero attached hydrogens (tertiary/aromatic N) is 1. The lowest BCUT2D eigenvalue weighted by molar-refractivity contribution is 0.281. The Morgan fingerprint density at radius 1 is 1.18 bits per heavy atom. The number of pyridine rings is 1. The lowest BCUT2D eigenvalue weighted by Gasteiger charge is -2.09. The third-order valence-corrected chi connectivity index (χ3v) is 3.14. The van der Waals surface area contributed by atoms with E-state index in [0.717, 1.165) is 0 Å². The highest BCUT2D eigenvalue weighted by Gasteiger charge is 2.13. The van der Waals surface area contributed by atoms with Crippen LogP contribution >= 0.6 is 23.2 Å². The highest BCUT2D eigenvalue weighted by Crippen LogP contribution is 2.34. The highest BCUT2D eigenvalue weighted by molar-refractivity contribution is 6.43. The van der Waals surface area contributed by atoms with Crippen LogP contribution in [0.3, 0.4) is 0 Å². The van der Waals surface area contributed by atoms with E-state index in [4.69, 9.17) is 23.2 Å². The van der Waals surface area contributed by atoms with Crippen LogP contribution in [0.15, 0.2) is 30.3 Å². The summed E-state index contributed by atoms with van der Waals surface area (Å²) in [4.78, 5) is 3.75. The van der Waals surface area contributed by atoms with Crippen molar-refractivity contribution < 1.29 is 9.50 Å². The van der Waals surface area contributed by atoms with E-state index in [0.29, 0.717) is 26.9 Å². The molecule has 1 N–H and O–H groups in total. The monoisotopic (exact) mass is 271 g/mol. The second-order valence-corrected chi connectivity index (χ2v) is 4.19. The Labute approximate surface area is 108 Å². The summed E-state index contributed by atoms with van der Waals surface area (Å²) in [5.41, 5.74) is 1.30. The van der Waals surface area contributed by atoms with Crippen LogP contribution in [-0.4, -0.2) is 10.1 Å².